The number of amides is 1. The molecule has 1 amide bonds. The maximum Gasteiger partial charge on any atom is 0.323 e. The lowest BCUT2D eigenvalue weighted by atomic mass is 10.1. The first-order valence-electron chi connectivity index (χ1n) is 11.1. The molecule has 0 spiro atoms. The molecule has 3 aromatic carbocycles. The first kappa shape index (κ1) is 22.7. The number of ether oxygens (including phenoxy) is 1. The lowest BCUT2D eigenvalue weighted by Gasteiger charge is -2.23. The summed E-state index contributed by atoms with van der Waals surface area (Å²) >= 11 is 0. The summed E-state index contributed by atoms with van der Waals surface area (Å²) in [4.78, 5) is 31.7. The SMILES string of the molecule is COc1ccc(CN(C(=O)c2ccc(NS(=O)(=O)c3ccc4[nH]c(=O)[nH]c4c3)cc2)C2CC2)cc1. The fourth-order valence-corrected chi connectivity index (χ4v) is 5.00. The Morgan fingerprint density at radius 3 is 2.34 bits per heavy atom. The minimum absolute atomic E-state index is 0.0137. The quantitative estimate of drug-likeness (QED) is 0.347. The predicted molar refractivity (Wildman–Crippen MR) is 132 cm³/mol. The normalized spacial score (nSPS) is 13.5. The van der Waals surface area contributed by atoms with Crippen molar-refractivity contribution in [3.8, 4) is 5.75 Å². The third-order valence-electron chi connectivity index (χ3n) is 5.94. The van der Waals surface area contributed by atoms with Crippen LogP contribution in [0.15, 0.2) is 76.4 Å². The zero-order chi connectivity index (χ0) is 24.6. The number of hydrogen-bond donors (Lipinski definition) is 3. The number of carbonyl (C=O) groups is 1. The van der Waals surface area contributed by atoms with Gasteiger partial charge in [-0.05, 0) is 73.0 Å². The summed E-state index contributed by atoms with van der Waals surface area (Å²) in [5, 5.41) is 0. The molecular weight excluding hydrogens is 468 g/mol. The Balaban J connectivity index is 1.31. The number of imidazole rings is 1. The number of rotatable bonds is 8. The fraction of sp³-hybridized carbons (Fsp3) is 0.200. The molecule has 1 aliphatic rings. The number of anilines is 1. The van der Waals surface area contributed by atoms with E-state index in [2.05, 4.69) is 14.7 Å². The minimum atomic E-state index is -3.89. The Labute approximate surface area is 201 Å². The van der Waals surface area contributed by atoms with Gasteiger partial charge in [0.1, 0.15) is 5.75 Å². The summed E-state index contributed by atoms with van der Waals surface area (Å²) in [6, 6.07) is 18.6. The molecule has 1 fully saturated rings. The van der Waals surface area contributed by atoms with E-state index >= 15 is 0 Å². The molecule has 4 aromatic rings. The van der Waals surface area contributed by atoms with Crippen LogP contribution in [0.2, 0.25) is 0 Å². The molecule has 5 rings (SSSR count). The van der Waals surface area contributed by atoms with Crippen LogP contribution < -0.4 is 15.1 Å². The van der Waals surface area contributed by atoms with Crippen LogP contribution in [0, 0.1) is 0 Å². The molecular formula is C25H24N4O5S. The highest BCUT2D eigenvalue weighted by Gasteiger charge is 2.33. The van der Waals surface area contributed by atoms with E-state index in [-0.39, 0.29) is 16.8 Å². The number of hydrogen-bond acceptors (Lipinski definition) is 5. The van der Waals surface area contributed by atoms with Crippen LogP contribution in [0.3, 0.4) is 0 Å². The monoisotopic (exact) mass is 492 g/mol. The molecule has 1 aromatic heterocycles. The first-order chi connectivity index (χ1) is 16.8. The van der Waals surface area contributed by atoms with Crippen LogP contribution >= 0.6 is 0 Å². The van der Waals surface area contributed by atoms with Crippen molar-refractivity contribution in [3.05, 3.63) is 88.3 Å². The highest BCUT2D eigenvalue weighted by molar-refractivity contribution is 7.92. The fourth-order valence-electron chi connectivity index (χ4n) is 3.92. The van der Waals surface area contributed by atoms with E-state index < -0.39 is 15.7 Å². The van der Waals surface area contributed by atoms with E-state index in [1.54, 1.807) is 31.4 Å². The first-order valence-corrected chi connectivity index (χ1v) is 12.6. The van der Waals surface area contributed by atoms with E-state index in [1.807, 2.05) is 29.2 Å². The van der Waals surface area contributed by atoms with Crippen molar-refractivity contribution in [2.75, 3.05) is 11.8 Å². The number of H-pyrrole nitrogens is 2. The number of methoxy groups -OCH3 is 1. The summed E-state index contributed by atoms with van der Waals surface area (Å²) in [5.41, 5.74) is 2.34. The van der Waals surface area contributed by atoms with Gasteiger partial charge in [0.25, 0.3) is 15.9 Å². The van der Waals surface area contributed by atoms with Crippen molar-refractivity contribution in [2.45, 2.75) is 30.3 Å². The lowest BCUT2D eigenvalue weighted by Crippen LogP contribution is -2.32. The lowest BCUT2D eigenvalue weighted by molar-refractivity contribution is 0.0730. The standard InChI is InChI=1S/C25H24N4O5S/c1-34-20-10-2-16(3-11-20)15-29(19-8-9-19)24(30)17-4-6-18(7-5-17)28-35(32,33)21-12-13-22-23(14-21)27-25(31)26-22/h2-7,10-14,19,28H,8-9,15H2,1H3,(H2,26,27,31). The van der Waals surface area contributed by atoms with Crippen LogP contribution in [-0.2, 0) is 16.6 Å². The molecule has 0 atom stereocenters. The van der Waals surface area contributed by atoms with Gasteiger partial charge in [0.2, 0.25) is 0 Å². The van der Waals surface area contributed by atoms with Gasteiger partial charge < -0.3 is 19.6 Å². The zero-order valence-corrected chi connectivity index (χ0v) is 19.8. The maximum absolute atomic E-state index is 13.2. The van der Waals surface area contributed by atoms with Gasteiger partial charge in [0, 0.05) is 23.8 Å². The average Bonchev–Trinajstić information content (AvgIpc) is 3.62. The van der Waals surface area contributed by atoms with Crippen molar-refractivity contribution < 1.29 is 17.9 Å². The summed E-state index contributed by atoms with van der Waals surface area (Å²) < 4.78 is 33.4. The Hall–Kier alpha value is -4.05. The largest absolute Gasteiger partial charge is 0.497 e. The zero-order valence-electron chi connectivity index (χ0n) is 18.9. The second kappa shape index (κ2) is 8.95. The molecule has 0 aliphatic heterocycles. The number of sulfonamides is 1. The molecule has 1 aliphatic carbocycles. The van der Waals surface area contributed by atoms with E-state index in [1.165, 1.54) is 18.2 Å². The highest BCUT2D eigenvalue weighted by Crippen LogP contribution is 2.30. The molecule has 9 nitrogen and oxygen atoms in total. The van der Waals surface area contributed by atoms with Gasteiger partial charge in [-0.25, -0.2) is 13.2 Å². The molecule has 0 saturated heterocycles. The second-order valence-corrected chi connectivity index (χ2v) is 10.2. The van der Waals surface area contributed by atoms with Crippen molar-refractivity contribution in [3.63, 3.8) is 0 Å². The van der Waals surface area contributed by atoms with Gasteiger partial charge in [-0.2, -0.15) is 0 Å². The Morgan fingerprint density at radius 2 is 1.69 bits per heavy atom. The van der Waals surface area contributed by atoms with Crippen molar-refractivity contribution in [2.24, 2.45) is 0 Å². The van der Waals surface area contributed by atoms with Gasteiger partial charge in [-0.3, -0.25) is 9.52 Å². The highest BCUT2D eigenvalue weighted by atomic mass is 32.2. The number of fused-ring (bicyclic) bond motifs is 1. The third-order valence-corrected chi connectivity index (χ3v) is 7.32. The average molecular weight is 493 g/mol. The molecule has 35 heavy (non-hydrogen) atoms. The van der Waals surface area contributed by atoms with E-state index in [0.29, 0.717) is 28.8 Å². The maximum atomic E-state index is 13.2. The third kappa shape index (κ3) is 4.92. The van der Waals surface area contributed by atoms with Gasteiger partial charge in [-0.15, -0.1) is 0 Å². The smallest absolute Gasteiger partial charge is 0.323 e. The van der Waals surface area contributed by atoms with Crippen LogP contribution in [-0.4, -0.2) is 42.3 Å². The Kier molecular flexibility index (Phi) is 5.81. The van der Waals surface area contributed by atoms with Crippen LogP contribution in [0.1, 0.15) is 28.8 Å². The van der Waals surface area contributed by atoms with Crippen molar-refractivity contribution in [1.82, 2.24) is 14.9 Å². The van der Waals surface area contributed by atoms with Gasteiger partial charge in [-0.1, -0.05) is 12.1 Å². The Morgan fingerprint density at radius 1 is 1.00 bits per heavy atom. The molecule has 3 N–H and O–H groups in total. The molecule has 1 saturated carbocycles. The number of aromatic amines is 2. The van der Waals surface area contributed by atoms with Gasteiger partial charge in [0.05, 0.1) is 23.0 Å². The van der Waals surface area contributed by atoms with E-state index in [9.17, 15) is 18.0 Å². The Bertz CT molecular complexity index is 1540. The van der Waals surface area contributed by atoms with Gasteiger partial charge >= 0.3 is 5.69 Å². The topological polar surface area (TPSA) is 124 Å². The number of aromatic nitrogens is 2. The van der Waals surface area contributed by atoms with Gasteiger partial charge in [0.15, 0.2) is 0 Å². The van der Waals surface area contributed by atoms with Crippen LogP contribution in [0.25, 0.3) is 11.0 Å². The summed E-state index contributed by atoms with van der Waals surface area (Å²) in [5.74, 6) is 0.664. The number of benzene rings is 3. The molecule has 0 unspecified atom stereocenters. The predicted octanol–water partition coefficient (Wildman–Crippen LogP) is 3.47. The molecule has 10 heteroatoms. The molecule has 1 heterocycles. The van der Waals surface area contributed by atoms with E-state index in [0.717, 1.165) is 24.2 Å². The summed E-state index contributed by atoms with van der Waals surface area (Å²) in [6.07, 6.45) is 1.94. The van der Waals surface area contributed by atoms with Crippen molar-refractivity contribution in [1.29, 1.82) is 0 Å². The molecule has 0 bridgehead atoms. The number of carbonyl (C=O) groups excluding carboxylic acids is 1. The van der Waals surface area contributed by atoms with Crippen LogP contribution in [0.5, 0.6) is 5.75 Å². The minimum Gasteiger partial charge on any atom is -0.497 e. The summed E-state index contributed by atoms with van der Waals surface area (Å²) in [7, 11) is -2.27. The van der Waals surface area contributed by atoms with Crippen molar-refractivity contribution >= 4 is 32.7 Å². The number of nitrogens with zero attached hydrogens (tertiary/aromatic N) is 1. The number of nitrogens with one attached hydrogen (secondary N) is 3. The van der Waals surface area contributed by atoms with Crippen LogP contribution in [0.4, 0.5) is 5.69 Å². The summed E-state index contributed by atoms with van der Waals surface area (Å²) in [6.45, 7) is 0.492. The van der Waals surface area contributed by atoms with E-state index in [4.69, 9.17) is 4.74 Å². The second-order valence-electron chi connectivity index (χ2n) is 8.48. The molecule has 0 radical (unpaired) electrons. The molecule has 180 valence electrons.